The smallest absolute Gasteiger partial charge is 0.308 e. The van der Waals surface area contributed by atoms with Gasteiger partial charge >= 0.3 is 5.97 Å². The molecule has 90 valence electrons. The van der Waals surface area contributed by atoms with Gasteiger partial charge in [-0.3, -0.25) is 9.59 Å². The molecule has 1 saturated heterocycles. The van der Waals surface area contributed by atoms with Crippen molar-refractivity contribution in [2.75, 3.05) is 4.90 Å². The summed E-state index contributed by atoms with van der Waals surface area (Å²) in [5.41, 5.74) is 0.552. The third-order valence-corrected chi connectivity index (χ3v) is 3.07. The van der Waals surface area contributed by atoms with Gasteiger partial charge in [-0.15, -0.1) is 0 Å². The van der Waals surface area contributed by atoms with Crippen molar-refractivity contribution in [1.29, 1.82) is 0 Å². The predicted molar refractivity (Wildman–Crippen MR) is 59.3 cm³/mol. The van der Waals surface area contributed by atoms with Crippen LogP contribution in [0.25, 0.3) is 0 Å². The van der Waals surface area contributed by atoms with Gasteiger partial charge in [0.05, 0.1) is 24.0 Å². The Hall–Kier alpha value is -1.98. The van der Waals surface area contributed by atoms with E-state index in [9.17, 15) is 9.59 Å². The summed E-state index contributed by atoms with van der Waals surface area (Å²) in [7, 11) is 0. The van der Waals surface area contributed by atoms with Gasteiger partial charge in [-0.25, -0.2) is 9.97 Å². The Kier molecular flexibility index (Phi) is 3.03. The Morgan fingerprint density at radius 2 is 2.12 bits per heavy atom. The Bertz CT molecular complexity index is 435. The first kappa shape index (κ1) is 11.5. The van der Waals surface area contributed by atoms with Gasteiger partial charge < -0.3 is 10.0 Å². The molecule has 0 aliphatic carbocycles. The van der Waals surface area contributed by atoms with E-state index in [2.05, 4.69) is 9.97 Å². The van der Waals surface area contributed by atoms with Gasteiger partial charge in [-0.1, -0.05) is 0 Å². The Balaban J connectivity index is 2.31. The molecule has 6 heteroatoms. The third-order valence-electron chi connectivity index (χ3n) is 3.07. The minimum Gasteiger partial charge on any atom is -0.481 e. The zero-order valence-corrected chi connectivity index (χ0v) is 9.41. The lowest BCUT2D eigenvalue weighted by molar-refractivity contribution is -0.143. The Morgan fingerprint density at radius 1 is 1.47 bits per heavy atom. The van der Waals surface area contributed by atoms with Gasteiger partial charge in [0.25, 0.3) is 0 Å². The molecule has 0 unspecified atom stereocenters. The molecule has 1 aromatic heterocycles. The summed E-state index contributed by atoms with van der Waals surface area (Å²) in [5, 5.41) is 9.09. The van der Waals surface area contributed by atoms with E-state index in [0.717, 1.165) is 0 Å². The number of aromatic nitrogens is 2. The van der Waals surface area contributed by atoms with E-state index in [0.29, 0.717) is 12.1 Å². The van der Waals surface area contributed by atoms with E-state index in [-0.39, 0.29) is 18.4 Å². The van der Waals surface area contributed by atoms with Crippen LogP contribution < -0.4 is 4.90 Å². The van der Waals surface area contributed by atoms with Crippen LogP contribution in [0.2, 0.25) is 0 Å². The standard InChI is InChI=1S/C11H13N3O3/c1-7-9(11(16)17)2-3-10(15)14(7)8-4-12-6-13-5-8/h4-7,9H,2-3H2,1H3,(H,16,17)/t7-,9+/m1/s1. The van der Waals surface area contributed by atoms with Gasteiger partial charge in [0, 0.05) is 12.5 Å². The second-order valence-corrected chi connectivity index (χ2v) is 4.08. The van der Waals surface area contributed by atoms with Crippen molar-refractivity contribution in [3.63, 3.8) is 0 Å². The molecule has 1 amide bonds. The largest absolute Gasteiger partial charge is 0.481 e. The van der Waals surface area contributed by atoms with Crippen molar-refractivity contribution in [2.45, 2.75) is 25.8 Å². The average molecular weight is 235 g/mol. The molecule has 1 N–H and O–H groups in total. The van der Waals surface area contributed by atoms with Crippen LogP contribution in [-0.4, -0.2) is 33.0 Å². The number of carboxylic acid groups (broad SMARTS) is 1. The lowest BCUT2D eigenvalue weighted by Gasteiger charge is -2.36. The van der Waals surface area contributed by atoms with Gasteiger partial charge in [0.2, 0.25) is 5.91 Å². The second kappa shape index (κ2) is 4.48. The number of aliphatic carboxylic acids is 1. The summed E-state index contributed by atoms with van der Waals surface area (Å²) < 4.78 is 0. The van der Waals surface area contributed by atoms with Gasteiger partial charge in [0.1, 0.15) is 6.33 Å². The minimum absolute atomic E-state index is 0.0789. The Morgan fingerprint density at radius 3 is 2.71 bits per heavy atom. The van der Waals surface area contributed by atoms with Crippen molar-refractivity contribution >= 4 is 17.6 Å². The first-order chi connectivity index (χ1) is 8.11. The Labute approximate surface area is 98.3 Å². The summed E-state index contributed by atoms with van der Waals surface area (Å²) in [6.45, 7) is 1.74. The van der Waals surface area contributed by atoms with Crippen molar-refractivity contribution in [3.05, 3.63) is 18.7 Å². The summed E-state index contributed by atoms with van der Waals surface area (Å²) >= 11 is 0. The lowest BCUT2D eigenvalue weighted by atomic mass is 9.89. The molecule has 0 saturated carbocycles. The van der Waals surface area contributed by atoms with E-state index >= 15 is 0 Å². The first-order valence-corrected chi connectivity index (χ1v) is 5.41. The summed E-state index contributed by atoms with van der Waals surface area (Å²) in [6.07, 6.45) is 5.05. The van der Waals surface area contributed by atoms with E-state index in [1.807, 2.05) is 0 Å². The van der Waals surface area contributed by atoms with Gasteiger partial charge in [-0.05, 0) is 13.3 Å². The fourth-order valence-electron chi connectivity index (χ4n) is 2.17. The van der Waals surface area contributed by atoms with Gasteiger partial charge in [-0.2, -0.15) is 0 Å². The maximum atomic E-state index is 11.9. The molecule has 1 aliphatic rings. The number of carbonyl (C=O) groups excluding carboxylic acids is 1. The highest BCUT2D eigenvalue weighted by atomic mass is 16.4. The predicted octanol–water partition coefficient (Wildman–Crippen LogP) is 0.693. The summed E-state index contributed by atoms with van der Waals surface area (Å²) in [6, 6.07) is -0.375. The second-order valence-electron chi connectivity index (χ2n) is 4.08. The van der Waals surface area contributed by atoms with Crippen molar-refractivity contribution in [1.82, 2.24) is 9.97 Å². The topological polar surface area (TPSA) is 83.4 Å². The first-order valence-electron chi connectivity index (χ1n) is 5.41. The normalized spacial score (nSPS) is 24.8. The molecule has 1 aliphatic heterocycles. The maximum absolute atomic E-state index is 11.9. The third kappa shape index (κ3) is 2.11. The highest BCUT2D eigenvalue weighted by molar-refractivity contribution is 5.96. The highest BCUT2D eigenvalue weighted by Crippen LogP contribution is 2.28. The number of piperidine rings is 1. The highest BCUT2D eigenvalue weighted by Gasteiger charge is 2.37. The molecule has 17 heavy (non-hydrogen) atoms. The van der Waals surface area contributed by atoms with Gasteiger partial charge in [0.15, 0.2) is 0 Å². The molecule has 1 aromatic rings. The van der Waals surface area contributed by atoms with Crippen LogP contribution in [0, 0.1) is 5.92 Å². The number of anilines is 1. The molecule has 0 bridgehead atoms. The number of carbonyl (C=O) groups is 2. The zero-order chi connectivity index (χ0) is 12.4. The van der Waals surface area contributed by atoms with E-state index < -0.39 is 11.9 Å². The van der Waals surface area contributed by atoms with Crippen LogP contribution in [0.1, 0.15) is 19.8 Å². The zero-order valence-electron chi connectivity index (χ0n) is 9.41. The number of carboxylic acids is 1. The molecule has 2 rings (SSSR count). The van der Waals surface area contributed by atoms with E-state index in [1.165, 1.54) is 23.6 Å². The molecule has 0 radical (unpaired) electrons. The quantitative estimate of drug-likeness (QED) is 0.815. The maximum Gasteiger partial charge on any atom is 0.308 e. The summed E-state index contributed by atoms with van der Waals surface area (Å²) in [4.78, 5) is 32.1. The number of nitrogens with zero attached hydrogens (tertiary/aromatic N) is 3. The van der Waals surface area contributed by atoms with Crippen LogP contribution in [0.3, 0.4) is 0 Å². The molecular formula is C11H13N3O3. The molecular weight excluding hydrogens is 222 g/mol. The number of amides is 1. The molecule has 6 nitrogen and oxygen atoms in total. The number of rotatable bonds is 2. The molecule has 0 spiro atoms. The molecule has 1 fully saturated rings. The van der Waals surface area contributed by atoms with Crippen LogP contribution in [0.5, 0.6) is 0 Å². The fraction of sp³-hybridized carbons (Fsp3) is 0.455. The van der Waals surface area contributed by atoms with Crippen LogP contribution in [-0.2, 0) is 9.59 Å². The molecule has 2 heterocycles. The van der Waals surface area contributed by atoms with E-state index in [1.54, 1.807) is 6.92 Å². The van der Waals surface area contributed by atoms with Crippen molar-refractivity contribution in [3.8, 4) is 0 Å². The average Bonchev–Trinajstić information content (AvgIpc) is 2.30. The molecule has 0 aromatic carbocycles. The monoisotopic (exact) mass is 235 g/mol. The van der Waals surface area contributed by atoms with Crippen LogP contribution >= 0.6 is 0 Å². The van der Waals surface area contributed by atoms with Crippen molar-refractivity contribution in [2.24, 2.45) is 5.92 Å². The SMILES string of the molecule is C[C@@H]1[C@@H](C(=O)O)CCC(=O)N1c1cncnc1. The van der Waals surface area contributed by atoms with Crippen LogP contribution in [0.15, 0.2) is 18.7 Å². The number of hydrogen-bond donors (Lipinski definition) is 1. The lowest BCUT2D eigenvalue weighted by Crippen LogP contribution is -2.49. The minimum atomic E-state index is -0.869. The van der Waals surface area contributed by atoms with Crippen LogP contribution in [0.4, 0.5) is 5.69 Å². The van der Waals surface area contributed by atoms with E-state index in [4.69, 9.17) is 5.11 Å². The van der Waals surface area contributed by atoms with Crippen molar-refractivity contribution < 1.29 is 14.7 Å². The number of hydrogen-bond acceptors (Lipinski definition) is 4. The molecule has 2 atom stereocenters. The fourth-order valence-corrected chi connectivity index (χ4v) is 2.17. The summed E-state index contributed by atoms with van der Waals surface area (Å²) in [5.74, 6) is -1.48.